The van der Waals surface area contributed by atoms with Gasteiger partial charge < -0.3 is 4.74 Å². The topological polar surface area (TPSA) is 107 Å². The van der Waals surface area contributed by atoms with E-state index >= 15 is 0 Å². The van der Waals surface area contributed by atoms with Crippen LogP contribution >= 0.6 is 0 Å². The molecule has 2 aromatic rings. The van der Waals surface area contributed by atoms with Crippen molar-refractivity contribution in [2.24, 2.45) is 0 Å². The van der Waals surface area contributed by atoms with Crippen molar-refractivity contribution >= 4 is 21.7 Å². The number of nitrogens with zero attached hydrogens (tertiary/aromatic N) is 2. The quantitative estimate of drug-likeness (QED) is 0.442. The van der Waals surface area contributed by atoms with Crippen LogP contribution in [-0.4, -0.2) is 37.7 Å². The fraction of sp³-hybridized carbons (Fsp3) is 0.188. The summed E-state index contributed by atoms with van der Waals surface area (Å²) in [5, 5.41) is 10.9. The van der Waals surface area contributed by atoms with Gasteiger partial charge in [-0.2, -0.15) is 0 Å². The molecule has 9 heteroatoms. The average molecular weight is 364 g/mol. The average Bonchev–Trinajstić information content (AvgIpc) is 2.59. The molecule has 0 saturated carbocycles. The maximum atomic E-state index is 12.0. The van der Waals surface area contributed by atoms with Gasteiger partial charge in [0.25, 0.3) is 5.69 Å². The minimum absolute atomic E-state index is 0.0488. The Labute approximate surface area is 144 Å². The number of sulfonamides is 1. The van der Waals surface area contributed by atoms with Crippen molar-refractivity contribution in [3.8, 4) is 0 Å². The number of carbonyl (C=O) groups excluding carboxylic acids is 1. The molecule has 0 saturated heterocycles. The van der Waals surface area contributed by atoms with Crippen molar-refractivity contribution in [3.63, 3.8) is 0 Å². The van der Waals surface area contributed by atoms with E-state index in [4.69, 9.17) is 4.74 Å². The van der Waals surface area contributed by atoms with Crippen molar-refractivity contribution in [2.45, 2.75) is 11.5 Å². The highest BCUT2D eigenvalue weighted by atomic mass is 32.2. The van der Waals surface area contributed by atoms with Gasteiger partial charge in [0.1, 0.15) is 6.61 Å². The van der Waals surface area contributed by atoms with Gasteiger partial charge in [0, 0.05) is 20.2 Å². The highest BCUT2D eigenvalue weighted by molar-refractivity contribution is 7.89. The molecule has 0 fully saturated rings. The maximum absolute atomic E-state index is 12.0. The molecule has 132 valence electrons. The standard InChI is InChI=1S/C16H16N2O6S/c1-17(2)25(22,23)14-9-7-12(8-10-14)16(19)24-11-13-5-3-4-6-15(13)18(20)21/h3-10H,11H2,1-2H3. The third kappa shape index (κ3) is 4.20. The van der Waals surface area contributed by atoms with Crippen LogP contribution in [0.4, 0.5) is 5.69 Å². The molecule has 25 heavy (non-hydrogen) atoms. The molecule has 0 aliphatic rings. The van der Waals surface area contributed by atoms with Crippen LogP contribution in [0.2, 0.25) is 0 Å². The monoisotopic (exact) mass is 364 g/mol. The predicted molar refractivity (Wildman–Crippen MR) is 89.5 cm³/mol. The lowest BCUT2D eigenvalue weighted by molar-refractivity contribution is -0.385. The Balaban J connectivity index is 2.11. The number of carbonyl (C=O) groups is 1. The first-order valence-electron chi connectivity index (χ1n) is 7.15. The van der Waals surface area contributed by atoms with Crippen molar-refractivity contribution in [3.05, 3.63) is 69.8 Å². The molecular formula is C16H16N2O6S. The number of nitro benzene ring substituents is 1. The smallest absolute Gasteiger partial charge is 0.338 e. The zero-order valence-electron chi connectivity index (χ0n) is 13.6. The van der Waals surface area contributed by atoms with E-state index in [0.717, 1.165) is 4.31 Å². The number of benzene rings is 2. The molecule has 0 aliphatic carbocycles. The van der Waals surface area contributed by atoms with Gasteiger partial charge in [-0.25, -0.2) is 17.5 Å². The van der Waals surface area contributed by atoms with E-state index in [0.29, 0.717) is 0 Å². The van der Waals surface area contributed by atoms with Crippen LogP contribution in [-0.2, 0) is 21.4 Å². The predicted octanol–water partition coefficient (Wildman–Crippen LogP) is 2.20. The molecule has 0 atom stereocenters. The van der Waals surface area contributed by atoms with Crippen molar-refractivity contribution in [2.75, 3.05) is 14.1 Å². The summed E-state index contributed by atoms with van der Waals surface area (Å²) in [4.78, 5) is 22.5. The number of nitro groups is 1. The van der Waals surface area contributed by atoms with Gasteiger partial charge in [0.05, 0.1) is 20.9 Å². The first-order chi connectivity index (χ1) is 11.7. The van der Waals surface area contributed by atoms with Crippen LogP contribution in [0.25, 0.3) is 0 Å². The van der Waals surface area contributed by atoms with Crippen molar-refractivity contribution in [1.82, 2.24) is 4.31 Å². The summed E-state index contributed by atoms with van der Waals surface area (Å²) < 4.78 is 30.1. The van der Waals surface area contributed by atoms with Gasteiger partial charge in [-0.3, -0.25) is 10.1 Å². The molecule has 0 radical (unpaired) electrons. The molecule has 2 rings (SSSR count). The van der Waals surface area contributed by atoms with E-state index in [1.165, 1.54) is 56.6 Å². The summed E-state index contributed by atoms with van der Waals surface area (Å²) >= 11 is 0. The highest BCUT2D eigenvalue weighted by Crippen LogP contribution is 2.19. The number of rotatable bonds is 6. The number of esters is 1. The van der Waals surface area contributed by atoms with Crippen LogP contribution in [0, 0.1) is 10.1 Å². The second kappa shape index (κ2) is 7.41. The van der Waals surface area contributed by atoms with Crippen LogP contribution in [0.15, 0.2) is 53.4 Å². The third-order valence-corrected chi connectivity index (χ3v) is 5.24. The van der Waals surface area contributed by atoms with Gasteiger partial charge in [0.15, 0.2) is 0 Å². The summed E-state index contributed by atoms with van der Waals surface area (Å²) in [5.41, 5.74) is 0.284. The largest absolute Gasteiger partial charge is 0.457 e. The fourth-order valence-electron chi connectivity index (χ4n) is 2.01. The van der Waals surface area contributed by atoms with Gasteiger partial charge in [0.2, 0.25) is 10.0 Å². The minimum atomic E-state index is -3.58. The molecule has 8 nitrogen and oxygen atoms in total. The van der Waals surface area contributed by atoms with E-state index in [1.807, 2.05) is 0 Å². The lowest BCUT2D eigenvalue weighted by Gasteiger charge is -2.11. The maximum Gasteiger partial charge on any atom is 0.338 e. The lowest BCUT2D eigenvalue weighted by atomic mass is 10.2. The summed E-state index contributed by atoms with van der Waals surface area (Å²) in [6.07, 6.45) is 0. The molecule has 0 bridgehead atoms. The van der Waals surface area contributed by atoms with Crippen LogP contribution in [0.1, 0.15) is 15.9 Å². The van der Waals surface area contributed by atoms with E-state index in [9.17, 15) is 23.3 Å². The second-order valence-electron chi connectivity index (χ2n) is 5.27. The number of hydrogen-bond donors (Lipinski definition) is 0. The Bertz CT molecular complexity index is 891. The molecule has 0 aromatic heterocycles. The molecule has 0 spiro atoms. The summed E-state index contributed by atoms with van der Waals surface area (Å²) in [7, 11) is -0.769. The fourth-order valence-corrected chi connectivity index (χ4v) is 2.91. The van der Waals surface area contributed by atoms with E-state index in [1.54, 1.807) is 6.07 Å². The molecule has 0 unspecified atom stereocenters. The minimum Gasteiger partial charge on any atom is -0.457 e. The zero-order valence-corrected chi connectivity index (χ0v) is 14.4. The second-order valence-corrected chi connectivity index (χ2v) is 7.43. The molecule has 0 amide bonds. The normalized spacial score (nSPS) is 11.3. The molecule has 0 heterocycles. The van der Waals surface area contributed by atoms with Gasteiger partial charge >= 0.3 is 5.97 Å². The highest BCUT2D eigenvalue weighted by Gasteiger charge is 2.18. The molecule has 0 N–H and O–H groups in total. The van der Waals surface area contributed by atoms with Crippen LogP contribution in [0.5, 0.6) is 0 Å². The Morgan fingerprint density at radius 2 is 1.72 bits per heavy atom. The third-order valence-electron chi connectivity index (χ3n) is 3.42. The van der Waals surface area contributed by atoms with Crippen molar-refractivity contribution < 1.29 is 22.9 Å². The summed E-state index contributed by atoms with van der Waals surface area (Å²) in [5.74, 6) is -0.702. The Morgan fingerprint density at radius 1 is 1.12 bits per heavy atom. The first kappa shape index (κ1) is 18.6. The molecule has 0 aliphatic heterocycles. The van der Waals surface area contributed by atoms with E-state index in [2.05, 4.69) is 0 Å². The number of ether oxygens (including phenoxy) is 1. The van der Waals surface area contributed by atoms with Gasteiger partial charge in [-0.15, -0.1) is 0 Å². The number of hydrogen-bond acceptors (Lipinski definition) is 6. The molecular weight excluding hydrogens is 348 g/mol. The first-order valence-corrected chi connectivity index (χ1v) is 8.59. The Morgan fingerprint density at radius 3 is 2.28 bits per heavy atom. The van der Waals surface area contributed by atoms with Crippen LogP contribution in [0.3, 0.4) is 0 Å². The Kier molecular flexibility index (Phi) is 5.50. The van der Waals surface area contributed by atoms with Gasteiger partial charge in [-0.05, 0) is 30.3 Å². The van der Waals surface area contributed by atoms with E-state index < -0.39 is 20.9 Å². The zero-order chi connectivity index (χ0) is 18.6. The summed E-state index contributed by atoms with van der Waals surface area (Å²) in [6, 6.07) is 11.2. The van der Waals surface area contributed by atoms with Gasteiger partial charge in [-0.1, -0.05) is 12.1 Å². The van der Waals surface area contributed by atoms with Crippen LogP contribution < -0.4 is 0 Å². The lowest BCUT2D eigenvalue weighted by Crippen LogP contribution is -2.22. The van der Waals surface area contributed by atoms with Crippen molar-refractivity contribution in [1.29, 1.82) is 0 Å². The van der Waals surface area contributed by atoms with E-state index in [-0.39, 0.29) is 28.3 Å². The summed E-state index contributed by atoms with van der Waals surface area (Å²) in [6.45, 7) is -0.256. The Hall–Kier alpha value is -2.78. The number of para-hydroxylation sites is 1. The molecule has 2 aromatic carbocycles. The SMILES string of the molecule is CN(C)S(=O)(=O)c1ccc(C(=O)OCc2ccccc2[N+](=O)[O-])cc1.